The van der Waals surface area contributed by atoms with Crippen LogP contribution in [0.3, 0.4) is 0 Å². The van der Waals surface area contributed by atoms with Crippen molar-refractivity contribution in [3.63, 3.8) is 0 Å². The summed E-state index contributed by atoms with van der Waals surface area (Å²) >= 11 is 1.45. The monoisotopic (exact) mass is 388 g/mol. The molecule has 1 aromatic carbocycles. The highest BCUT2D eigenvalue weighted by molar-refractivity contribution is 7.91. The second kappa shape index (κ2) is 7.22. The summed E-state index contributed by atoms with van der Waals surface area (Å²) in [5.74, 6) is 0.153. The Kier molecular flexibility index (Phi) is 5.17. The van der Waals surface area contributed by atoms with Crippen molar-refractivity contribution in [2.75, 3.05) is 11.1 Å². The average molecular weight is 389 g/mol. The Morgan fingerprint density at radius 1 is 1.42 bits per heavy atom. The van der Waals surface area contributed by atoms with E-state index in [9.17, 15) is 18.5 Å². The van der Waals surface area contributed by atoms with Crippen LogP contribution < -0.4 is 5.32 Å². The van der Waals surface area contributed by atoms with E-state index in [0.29, 0.717) is 16.5 Å². The van der Waals surface area contributed by atoms with E-state index in [1.807, 2.05) is 0 Å². The number of nitrogens with zero attached hydrogens (tertiary/aromatic N) is 1. The standard InChI is InChI=1S/C19H20N2O3S2/c1-3-26(23,24)14-6-4-5-13(10-14)18(22)21-19-16(11-20)15-8-7-12(2)9-17(15)25-19/h4-6,10,12H,3,7-9H2,1-2H3,(H,21,22)/t12-/m0/s1. The molecule has 0 aliphatic heterocycles. The summed E-state index contributed by atoms with van der Waals surface area (Å²) < 4.78 is 24.1. The van der Waals surface area contributed by atoms with Crippen molar-refractivity contribution in [2.45, 2.75) is 38.0 Å². The molecule has 0 saturated carbocycles. The summed E-state index contributed by atoms with van der Waals surface area (Å²) in [4.78, 5) is 13.9. The highest BCUT2D eigenvalue weighted by Gasteiger charge is 2.25. The SMILES string of the molecule is CCS(=O)(=O)c1cccc(C(=O)Nc2sc3c(c2C#N)CC[C@H](C)C3)c1. The molecule has 5 nitrogen and oxygen atoms in total. The molecule has 26 heavy (non-hydrogen) atoms. The number of benzene rings is 1. The predicted octanol–water partition coefficient (Wildman–Crippen LogP) is 3.79. The molecule has 3 rings (SSSR count). The van der Waals surface area contributed by atoms with Gasteiger partial charge in [-0.3, -0.25) is 4.79 Å². The third-order valence-electron chi connectivity index (χ3n) is 4.69. The van der Waals surface area contributed by atoms with Crippen molar-refractivity contribution in [2.24, 2.45) is 5.92 Å². The normalized spacial score (nSPS) is 16.6. The van der Waals surface area contributed by atoms with Gasteiger partial charge < -0.3 is 5.32 Å². The Labute approximate surface area is 157 Å². The third-order valence-corrected chi connectivity index (χ3v) is 7.59. The molecule has 1 aliphatic rings. The lowest BCUT2D eigenvalue weighted by Crippen LogP contribution is -2.13. The number of hydrogen-bond donors (Lipinski definition) is 1. The Balaban J connectivity index is 1.90. The van der Waals surface area contributed by atoms with E-state index in [2.05, 4.69) is 18.3 Å². The number of amides is 1. The topological polar surface area (TPSA) is 87.0 Å². The van der Waals surface area contributed by atoms with Gasteiger partial charge in [0.25, 0.3) is 5.91 Å². The fraction of sp³-hybridized carbons (Fsp3) is 0.368. The highest BCUT2D eigenvalue weighted by atomic mass is 32.2. The van der Waals surface area contributed by atoms with E-state index in [4.69, 9.17) is 0 Å². The van der Waals surface area contributed by atoms with Gasteiger partial charge in [-0.15, -0.1) is 11.3 Å². The van der Waals surface area contributed by atoms with E-state index in [0.717, 1.165) is 29.7 Å². The molecule has 1 aromatic heterocycles. The zero-order valence-corrected chi connectivity index (χ0v) is 16.3. The van der Waals surface area contributed by atoms with Gasteiger partial charge in [0.15, 0.2) is 9.84 Å². The Bertz CT molecular complexity index is 1000. The van der Waals surface area contributed by atoms with Gasteiger partial charge in [0.2, 0.25) is 0 Å². The maximum atomic E-state index is 12.6. The molecule has 0 radical (unpaired) electrons. The van der Waals surface area contributed by atoms with Gasteiger partial charge in [-0.25, -0.2) is 8.42 Å². The fourth-order valence-electron chi connectivity index (χ4n) is 3.13. The van der Waals surface area contributed by atoms with E-state index >= 15 is 0 Å². The highest BCUT2D eigenvalue weighted by Crippen LogP contribution is 2.39. The van der Waals surface area contributed by atoms with Gasteiger partial charge in [0.05, 0.1) is 16.2 Å². The van der Waals surface area contributed by atoms with Crippen LogP contribution in [0, 0.1) is 17.2 Å². The first-order chi connectivity index (χ1) is 12.4. The average Bonchev–Trinajstić information content (AvgIpc) is 2.97. The Morgan fingerprint density at radius 2 is 2.19 bits per heavy atom. The van der Waals surface area contributed by atoms with Gasteiger partial charge in [-0.1, -0.05) is 19.9 Å². The Morgan fingerprint density at radius 3 is 2.88 bits per heavy atom. The van der Waals surface area contributed by atoms with E-state index in [1.165, 1.54) is 23.5 Å². The number of anilines is 1. The van der Waals surface area contributed by atoms with Crippen LogP contribution in [0.5, 0.6) is 0 Å². The number of nitrogens with one attached hydrogen (secondary N) is 1. The molecule has 0 saturated heterocycles. The zero-order valence-electron chi connectivity index (χ0n) is 14.7. The second-order valence-corrected chi connectivity index (χ2v) is 9.94. The summed E-state index contributed by atoms with van der Waals surface area (Å²) in [6.45, 7) is 3.76. The molecular weight excluding hydrogens is 368 g/mol. The van der Waals surface area contributed by atoms with Crippen molar-refractivity contribution >= 4 is 32.1 Å². The fourth-order valence-corrected chi connectivity index (χ4v) is 5.41. The maximum absolute atomic E-state index is 12.6. The lowest BCUT2D eigenvalue weighted by Gasteiger charge is -2.17. The predicted molar refractivity (Wildman–Crippen MR) is 102 cm³/mol. The van der Waals surface area contributed by atoms with Crippen LogP contribution in [0.25, 0.3) is 0 Å². The van der Waals surface area contributed by atoms with Crippen molar-refractivity contribution in [3.8, 4) is 6.07 Å². The molecule has 0 bridgehead atoms. The summed E-state index contributed by atoms with van der Waals surface area (Å²) in [5.41, 5.74) is 1.86. The second-order valence-electron chi connectivity index (χ2n) is 6.55. The molecule has 2 aromatic rings. The van der Waals surface area contributed by atoms with E-state index in [-0.39, 0.29) is 16.2 Å². The lowest BCUT2D eigenvalue weighted by molar-refractivity contribution is 0.102. The number of hydrogen-bond acceptors (Lipinski definition) is 5. The number of carbonyl (C=O) groups is 1. The van der Waals surface area contributed by atoms with Crippen LogP contribution in [0.15, 0.2) is 29.2 Å². The maximum Gasteiger partial charge on any atom is 0.256 e. The minimum absolute atomic E-state index is 0.0213. The van der Waals surface area contributed by atoms with Gasteiger partial charge in [0.1, 0.15) is 11.1 Å². The number of sulfone groups is 1. The molecule has 1 N–H and O–H groups in total. The molecule has 1 amide bonds. The number of fused-ring (bicyclic) bond motifs is 1. The first kappa shape index (κ1) is 18.6. The molecule has 136 valence electrons. The van der Waals surface area contributed by atoms with Crippen molar-refractivity contribution in [3.05, 3.63) is 45.8 Å². The lowest BCUT2D eigenvalue weighted by atomic mass is 9.88. The van der Waals surface area contributed by atoms with Crippen molar-refractivity contribution in [1.82, 2.24) is 0 Å². The summed E-state index contributed by atoms with van der Waals surface area (Å²) in [6.07, 6.45) is 2.83. The minimum atomic E-state index is -3.38. The smallest absolute Gasteiger partial charge is 0.256 e. The molecule has 0 spiro atoms. The van der Waals surface area contributed by atoms with Gasteiger partial charge in [0, 0.05) is 10.4 Å². The van der Waals surface area contributed by atoms with Crippen molar-refractivity contribution in [1.29, 1.82) is 5.26 Å². The van der Waals surface area contributed by atoms with Gasteiger partial charge in [-0.2, -0.15) is 5.26 Å². The molecule has 1 heterocycles. The molecule has 7 heteroatoms. The number of thiophene rings is 1. The number of carbonyl (C=O) groups excluding carboxylic acids is 1. The first-order valence-corrected chi connectivity index (χ1v) is 11.0. The molecular formula is C19H20N2O3S2. The number of rotatable bonds is 4. The summed E-state index contributed by atoms with van der Waals surface area (Å²) in [5, 5.41) is 12.9. The Hall–Kier alpha value is -2.17. The van der Waals surface area contributed by atoms with Gasteiger partial charge in [-0.05, 0) is 48.9 Å². The summed E-state index contributed by atoms with van der Waals surface area (Å²) in [6, 6.07) is 8.23. The largest absolute Gasteiger partial charge is 0.312 e. The quantitative estimate of drug-likeness (QED) is 0.863. The van der Waals surface area contributed by atoms with Gasteiger partial charge >= 0.3 is 0 Å². The molecule has 1 aliphatic carbocycles. The summed E-state index contributed by atoms with van der Waals surface area (Å²) in [7, 11) is -3.38. The van der Waals surface area contributed by atoms with Crippen LogP contribution in [-0.4, -0.2) is 20.1 Å². The molecule has 1 atom stereocenters. The number of nitriles is 1. The van der Waals surface area contributed by atoms with Crippen LogP contribution in [-0.2, 0) is 22.7 Å². The van der Waals surface area contributed by atoms with Crippen LogP contribution in [0.4, 0.5) is 5.00 Å². The molecule has 0 unspecified atom stereocenters. The first-order valence-electron chi connectivity index (χ1n) is 8.54. The van der Waals surface area contributed by atoms with Crippen molar-refractivity contribution < 1.29 is 13.2 Å². The molecule has 0 fully saturated rings. The van der Waals surface area contributed by atoms with Crippen LogP contribution in [0.1, 0.15) is 46.6 Å². The van der Waals surface area contributed by atoms with E-state index in [1.54, 1.807) is 19.1 Å². The van der Waals surface area contributed by atoms with E-state index < -0.39 is 15.7 Å². The van der Waals surface area contributed by atoms with Crippen LogP contribution in [0.2, 0.25) is 0 Å². The third kappa shape index (κ3) is 3.53. The zero-order chi connectivity index (χ0) is 18.9. The minimum Gasteiger partial charge on any atom is -0.312 e. The van der Waals surface area contributed by atoms with Crippen LogP contribution >= 0.6 is 11.3 Å².